The normalized spacial score (nSPS) is 17.3. The third-order valence-corrected chi connectivity index (χ3v) is 5.61. The molecule has 0 unspecified atom stereocenters. The fourth-order valence-electron chi connectivity index (χ4n) is 2.36. The Balaban J connectivity index is 2.32. The zero-order valence-corrected chi connectivity index (χ0v) is 12.8. The maximum absolute atomic E-state index is 13.7. The minimum atomic E-state index is -3.93. The first-order chi connectivity index (χ1) is 9.65. The highest BCUT2D eigenvalue weighted by Crippen LogP contribution is 2.39. The summed E-state index contributed by atoms with van der Waals surface area (Å²) in [7, 11) is -3.93. The Morgan fingerprint density at radius 2 is 2.05 bits per heavy atom. The molecule has 0 heterocycles. The molecule has 1 aromatic rings. The number of halogens is 1. The Bertz CT molecular complexity index is 680. The second kappa shape index (κ2) is 5.38. The molecular formula is C14H18FNO4S. The van der Waals surface area contributed by atoms with Crippen molar-refractivity contribution in [1.29, 1.82) is 0 Å². The number of hydrogen-bond acceptors (Lipinski definition) is 3. The highest BCUT2D eigenvalue weighted by atomic mass is 32.2. The lowest BCUT2D eigenvalue weighted by atomic mass is 9.71. The van der Waals surface area contributed by atoms with Gasteiger partial charge < -0.3 is 5.11 Å². The van der Waals surface area contributed by atoms with Gasteiger partial charge in [0.25, 0.3) is 0 Å². The molecule has 0 aromatic heterocycles. The number of aromatic carboxylic acids is 1. The largest absolute Gasteiger partial charge is 0.478 e. The Labute approximate surface area is 123 Å². The summed E-state index contributed by atoms with van der Waals surface area (Å²) in [5.74, 6) is -2.21. The minimum Gasteiger partial charge on any atom is -0.478 e. The monoisotopic (exact) mass is 315 g/mol. The van der Waals surface area contributed by atoms with Crippen LogP contribution in [0.15, 0.2) is 17.0 Å². The first-order valence-electron chi connectivity index (χ1n) is 6.68. The van der Waals surface area contributed by atoms with E-state index in [-0.39, 0.29) is 28.0 Å². The summed E-state index contributed by atoms with van der Waals surface area (Å²) in [5, 5.41) is 8.91. The summed E-state index contributed by atoms with van der Waals surface area (Å²) in [6, 6.07) is 1.82. The van der Waals surface area contributed by atoms with Crippen molar-refractivity contribution < 1.29 is 22.7 Å². The lowest BCUT2D eigenvalue weighted by molar-refractivity contribution is 0.0696. The Morgan fingerprint density at radius 1 is 1.43 bits per heavy atom. The van der Waals surface area contributed by atoms with Crippen LogP contribution in [0, 0.1) is 18.2 Å². The van der Waals surface area contributed by atoms with Crippen LogP contribution in [0.1, 0.15) is 42.1 Å². The van der Waals surface area contributed by atoms with Crippen LogP contribution in [0.5, 0.6) is 0 Å². The molecule has 2 rings (SSSR count). The second-order valence-corrected chi connectivity index (χ2v) is 7.61. The Kier molecular flexibility index (Phi) is 4.08. The standard InChI is InChI=1S/C14H18FNO4S/c1-9-11(15)6-10(13(17)18)7-12(9)21(19,20)16-8-14(2)4-3-5-14/h6-7,16H,3-5,8H2,1-2H3,(H,17,18). The molecule has 21 heavy (non-hydrogen) atoms. The van der Waals surface area contributed by atoms with E-state index >= 15 is 0 Å². The number of carboxylic acid groups (broad SMARTS) is 1. The van der Waals surface area contributed by atoms with Gasteiger partial charge in [0.15, 0.2) is 0 Å². The van der Waals surface area contributed by atoms with Crippen LogP contribution in [0.3, 0.4) is 0 Å². The molecule has 1 fully saturated rings. The van der Waals surface area contributed by atoms with E-state index < -0.39 is 21.8 Å². The van der Waals surface area contributed by atoms with Crippen molar-refractivity contribution >= 4 is 16.0 Å². The van der Waals surface area contributed by atoms with Crippen LogP contribution < -0.4 is 4.72 Å². The summed E-state index contributed by atoms with van der Waals surface area (Å²) < 4.78 is 40.8. The van der Waals surface area contributed by atoms with Crippen LogP contribution in [0.4, 0.5) is 4.39 Å². The van der Waals surface area contributed by atoms with Crippen molar-refractivity contribution in [3.63, 3.8) is 0 Å². The van der Waals surface area contributed by atoms with Crippen molar-refractivity contribution in [3.05, 3.63) is 29.1 Å². The quantitative estimate of drug-likeness (QED) is 0.873. The number of carboxylic acids is 1. The first-order valence-corrected chi connectivity index (χ1v) is 8.16. The average molecular weight is 315 g/mol. The van der Waals surface area contributed by atoms with Gasteiger partial charge in [-0.25, -0.2) is 22.3 Å². The molecule has 7 heteroatoms. The minimum absolute atomic E-state index is 0.0655. The van der Waals surface area contributed by atoms with Crippen LogP contribution in [0.25, 0.3) is 0 Å². The molecular weight excluding hydrogens is 297 g/mol. The molecule has 1 aromatic carbocycles. The molecule has 1 aliphatic carbocycles. The molecule has 0 amide bonds. The molecule has 0 saturated heterocycles. The average Bonchev–Trinajstić information content (AvgIpc) is 2.36. The summed E-state index contributed by atoms with van der Waals surface area (Å²) in [4.78, 5) is 10.6. The Morgan fingerprint density at radius 3 is 2.52 bits per heavy atom. The van der Waals surface area contributed by atoms with Gasteiger partial charge in [0.1, 0.15) is 5.82 Å². The molecule has 0 aliphatic heterocycles. The van der Waals surface area contributed by atoms with E-state index in [1.165, 1.54) is 6.92 Å². The molecule has 5 nitrogen and oxygen atoms in total. The van der Waals surface area contributed by atoms with Crippen LogP contribution >= 0.6 is 0 Å². The van der Waals surface area contributed by atoms with E-state index in [1.54, 1.807) is 0 Å². The molecule has 0 atom stereocenters. The predicted molar refractivity (Wildman–Crippen MR) is 75.2 cm³/mol. The van der Waals surface area contributed by atoms with Crippen molar-refractivity contribution in [1.82, 2.24) is 4.72 Å². The molecule has 0 radical (unpaired) electrons. The van der Waals surface area contributed by atoms with E-state index in [1.807, 2.05) is 6.92 Å². The third kappa shape index (κ3) is 3.24. The topological polar surface area (TPSA) is 83.5 Å². The van der Waals surface area contributed by atoms with Gasteiger partial charge >= 0.3 is 5.97 Å². The van der Waals surface area contributed by atoms with E-state index in [9.17, 15) is 17.6 Å². The number of benzene rings is 1. The summed E-state index contributed by atoms with van der Waals surface area (Å²) >= 11 is 0. The van der Waals surface area contributed by atoms with Crippen LogP contribution in [0.2, 0.25) is 0 Å². The van der Waals surface area contributed by atoms with Gasteiger partial charge in [-0.05, 0) is 37.3 Å². The zero-order valence-electron chi connectivity index (χ0n) is 11.9. The highest BCUT2D eigenvalue weighted by Gasteiger charge is 2.33. The van der Waals surface area contributed by atoms with Gasteiger partial charge in [0.2, 0.25) is 10.0 Å². The van der Waals surface area contributed by atoms with Gasteiger partial charge in [0, 0.05) is 12.1 Å². The van der Waals surface area contributed by atoms with Crippen molar-refractivity contribution in [2.45, 2.75) is 38.0 Å². The molecule has 1 aliphatic rings. The maximum Gasteiger partial charge on any atom is 0.335 e. The molecule has 1 saturated carbocycles. The molecule has 0 spiro atoms. The van der Waals surface area contributed by atoms with E-state index in [4.69, 9.17) is 5.11 Å². The number of sulfonamides is 1. The smallest absolute Gasteiger partial charge is 0.335 e. The predicted octanol–water partition coefficient (Wildman–Crippen LogP) is 2.30. The SMILES string of the molecule is Cc1c(F)cc(C(=O)O)cc1S(=O)(=O)NCC1(C)CCC1. The number of hydrogen-bond donors (Lipinski definition) is 2. The van der Waals surface area contributed by atoms with E-state index in [2.05, 4.69) is 4.72 Å². The molecule has 116 valence electrons. The summed E-state index contributed by atoms with van der Waals surface area (Å²) in [6.45, 7) is 3.58. The zero-order chi connectivity index (χ0) is 15.8. The Hall–Kier alpha value is -1.47. The maximum atomic E-state index is 13.7. The van der Waals surface area contributed by atoms with Gasteiger partial charge in [-0.2, -0.15) is 0 Å². The molecule has 2 N–H and O–H groups in total. The van der Waals surface area contributed by atoms with Crippen molar-refractivity contribution in [2.75, 3.05) is 6.54 Å². The fourth-order valence-corrected chi connectivity index (χ4v) is 3.84. The van der Waals surface area contributed by atoms with Gasteiger partial charge in [-0.15, -0.1) is 0 Å². The van der Waals surface area contributed by atoms with E-state index in [0.717, 1.165) is 31.4 Å². The third-order valence-electron chi connectivity index (χ3n) is 4.08. The van der Waals surface area contributed by atoms with Gasteiger partial charge in [-0.3, -0.25) is 0 Å². The molecule has 0 bridgehead atoms. The van der Waals surface area contributed by atoms with Crippen molar-refractivity contribution in [2.24, 2.45) is 5.41 Å². The highest BCUT2D eigenvalue weighted by molar-refractivity contribution is 7.89. The number of carbonyl (C=O) groups is 1. The lowest BCUT2D eigenvalue weighted by Crippen LogP contribution is -2.40. The van der Waals surface area contributed by atoms with Crippen LogP contribution in [-0.2, 0) is 10.0 Å². The lowest BCUT2D eigenvalue weighted by Gasteiger charge is -2.38. The summed E-state index contributed by atoms with van der Waals surface area (Å²) in [5.41, 5.74) is -0.524. The fraction of sp³-hybridized carbons (Fsp3) is 0.500. The summed E-state index contributed by atoms with van der Waals surface area (Å²) in [6.07, 6.45) is 2.95. The number of nitrogens with one attached hydrogen (secondary N) is 1. The van der Waals surface area contributed by atoms with Gasteiger partial charge in [-0.1, -0.05) is 13.3 Å². The number of rotatable bonds is 5. The first kappa shape index (κ1) is 15.9. The second-order valence-electron chi connectivity index (χ2n) is 5.88. The van der Waals surface area contributed by atoms with Crippen LogP contribution in [-0.4, -0.2) is 26.0 Å². The van der Waals surface area contributed by atoms with E-state index in [0.29, 0.717) is 0 Å². The van der Waals surface area contributed by atoms with Gasteiger partial charge in [0.05, 0.1) is 10.5 Å². The van der Waals surface area contributed by atoms with Crippen molar-refractivity contribution in [3.8, 4) is 0 Å².